The predicted molar refractivity (Wildman–Crippen MR) is 108 cm³/mol. The third-order valence-electron chi connectivity index (χ3n) is 3.95. The molecule has 1 aromatic carbocycles. The molecule has 0 unspecified atom stereocenters. The molecular formula is C18H31N3O2S2. The van der Waals surface area contributed by atoms with Gasteiger partial charge in [-0.2, -0.15) is 0 Å². The summed E-state index contributed by atoms with van der Waals surface area (Å²) >= 11 is 5.09. The molecule has 0 saturated carbocycles. The lowest BCUT2D eigenvalue weighted by atomic mass is 10.1. The summed E-state index contributed by atoms with van der Waals surface area (Å²) in [5.74, 6) is 0. The zero-order valence-electron chi connectivity index (χ0n) is 15.3. The molecule has 5 nitrogen and oxygen atoms in total. The highest BCUT2D eigenvalue weighted by Gasteiger charge is 2.13. The zero-order valence-corrected chi connectivity index (χ0v) is 16.9. The predicted octanol–water partition coefficient (Wildman–Crippen LogP) is 3.79. The number of hydrogen-bond acceptors (Lipinski definition) is 3. The van der Waals surface area contributed by atoms with Gasteiger partial charge < -0.3 is 5.32 Å². The average Bonchev–Trinajstić information content (AvgIpc) is 2.59. The van der Waals surface area contributed by atoms with Gasteiger partial charge in [-0.15, -0.1) is 4.83 Å². The molecule has 0 spiro atoms. The van der Waals surface area contributed by atoms with Gasteiger partial charge in [-0.05, 0) is 37.7 Å². The van der Waals surface area contributed by atoms with E-state index < -0.39 is 10.0 Å². The molecule has 0 aliphatic carbocycles. The first-order valence-electron chi connectivity index (χ1n) is 9.08. The van der Waals surface area contributed by atoms with E-state index in [1.165, 1.54) is 38.5 Å². The first kappa shape index (κ1) is 21.9. The maximum Gasteiger partial charge on any atom is 0.257 e. The van der Waals surface area contributed by atoms with Crippen LogP contribution in [0.15, 0.2) is 29.2 Å². The van der Waals surface area contributed by atoms with Crippen LogP contribution in [0.1, 0.15) is 63.9 Å². The topological polar surface area (TPSA) is 70.2 Å². The fraction of sp³-hybridized carbons (Fsp3) is 0.611. The van der Waals surface area contributed by atoms with E-state index in [0.717, 1.165) is 24.9 Å². The Morgan fingerprint density at radius 1 is 0.960 bits per heavy atom. The minimum absolute atomic E-state index is 0.205. The largest absolute Gasteiger partial charge is 0.362 e. The van der Waals surface area contributed by atoms with Crippen molar-refractivity contribution >= 4 is 27.4 Å². The fourth-order valence-corrected chi connectivity index (χ4v) is 3.46. The van der Waals surface area contributed by atoms with E-state index in [1.54, 1.807) is 24.3 Å². The van der Waals surface area contributed by atoms with Crippen LogP contribution in [-0.4, -0.2) is 20.1 Å². The summed E-state index contributed by atoms with van der Waals surface area (Å²) in [4.78, 5) is 2.50. The Kier molecular flexibility index (Phi) is 10.7. The van der Waals surface area contributed by atoms with Crippen molar-refractivity contribution in [2.24, 2.45) is 0 Å². The Bertz CT molecular complexity index is 601. The van der Waals surface area contributed by atoms with Crippen LogP contribution in [0.3, 0.4) is 0 Å². The van der Waals surface area contributed by atoms with E-state index >= 15 is 0 Å². The van der Waals surface area contributed by atoms with Crippen LogP contribution in [0.4, 0.5) is 0 Å². The molecule has 0 amide bonds. The normalized spacial score (nSPS) is 11.3. The van der Waals surface area contributed by atoms with Gasteiger partial charge in [0, 0.05) is 6.54 Å². The van der Waals surface area contributed by atoms with Gasteiger partial charge in [-0.25, -0.2) is 8.42 Å². The van der Waals surface area contributed by atoms with Crippen LogP contribution in [0, 0.1) is 6.92 Å². The van der Waals surface area contributed by atoms with E-state index in [-0.39, 0.29) is 4.90 Å². The molecule has 1 rings (SSSR count). The van der Waals surface area contributed by atoms with Gasteiger partial charge in [-0.1, -0.05) is 69.6 Å². The van der Waals surface area contributed by atoms with E-state index in [2.05, 4.69) is 22.5 Å². The minimum Gasteiger partial charge on any atom is -0.362 e. The third-order valence-corrected chi connectivity index (χ3v) is 5.46. The van der Waals surface area contributed by atoms with Crippen LogP contribution < -0.4 is 15.6 Å². The Labute approximate surface area is 158 Å². The number of sulfonamides is 1. The van der Waals surface area contributed by atoms with E-state index in [0.29, 0.717) is 5.11 Å². The van der Waals surface area contributed by atoms with Gasteiger partial charge >= 0.3 is 0 Å². The molecule has 0 aliphatic heterocycles. The average molecular weight is 386 g/mol. The quantitative estimate of drug-likeness (QED) is 0.290. The number of hydrazine groups is 1. The zero-order chi connectivity index (χ0) is 18.5. The van der Waals surface area contributed by atoms with Crippen LogP contribution in [0.25, 0.3) is 0 Å². The van der Waals surface area contributed by atoms with Gasteiger partial charge in [0.2, 0.25) is 0 Å². The molecule has 0 aromatic heterocycles. The van der Waals surface area contributed by atoms with Crippen molar-refractivity contribution in [2.45, 2.75) is 70.1 Å². The lowest BCUT2D eigenvalue weighted by Gasteiger charge is -2.12. The Balaban J connectivity index is 2.13. The molecule has 0 saturated heterocycles. The summed E-state index contributed by atoms with van der Waals surface area (Å²) in [5.41, 5.74) is 3.55. The number of thiocarbonyl (C=S) groups is 1. The summed E-state index contributed by atoms with van der Waals surface area (Å²) in [6.45, 7) is 4.88. The standard InChI is InChI=1S/C18H31N3O2S2/c1-3-4-5-6-7-8-9-10-15-19-18(24)20-21-25(22,23)17-13-11-16(2)12-14-17/h11-14,21H,3-10,15H2,1-2H3,(H2,19,20,24). The van der Waals surface area contributed by atoms with Crippen molar-refractivity contribution in [1.82, 2.24) is 15.6 Å². The molecule has 142 valence electrons. The van der Waals surface area contributed by atoms with Crippen molar-refractivity contribution in [3.8, 4) is 0 Å². The molecule has 0 heterocycles. The molecule has 0 bridgehead atoms. The fourth-order valence-electron chi connectivity index (χ4n) is 2.39. The molecule has 7 heteroatoms. The van der Waals surface area contributed by atoms with Crippen LogP contribution in [0.2, 0.25) is 0 Å². The third kappa shape index (κ3) is 9.77. The SMILES string of the molecule is CCCCCCCCCCNC(=S)NNS(=O)(=O)c1ccc(C)cc1. The number of aryl methyl sites for hydroxylation is 1. The van der Waals surface area contributed by atoms with Gasteiger partial charge in [0.15, 0.2) is 5.11 Å². The second-order valence-electron chi connectivity index (χ2n) is 6.27. The van der Waals surface area contributed by atoms with Crippen molar-refractivity contribution in [1.29, 1.82) is 0 Å². The number of benzene rings is 1. The maximum absolute atomic E-state index is 12.1. The summed E-state index contributed by atoms with van der Waals surface area (Å²) in [6, 6.07) is 6.65. The highest BCUT2D eigenvalue weighted by molar-refractivity contribution is 7.89. The molecule has 0 radical (unpaired) electrons. The molecule has 0 aliphatic rings. The number of hydrogen-bond donors (Lipinski definition) is 3. The van der Waals surface area contributed by atoms with Crippen LogP contribution >= 0.6 is 12.2 Å². The Morgan fingerprint density at radius 3 is 2.12 bits per heavy atom. The highest BCUT2D eigenvalue weighted by Crippen LogP contribution is 2.09. The van der Waals surface area contributed by atoms with Gasteiger partial charge in [0.1, 0.15) is 0 Å². The Hall–Kier alpha value is -1.18. The first-order chi connectivity index (χ1) is 12.0. The van der Waals surface area contributed by atoms with Crippen molar-refractivity contribution < 1.29 is 8.42 Å². The van der Waals surface area contributed by atoms with E-state index in [9.17, 15) is 8.42 Å². The second kappa shape index (κ2) is 12.2. The lowest BCUT2D eigenvalue weighted by molar-refractivity contribution is 0.568. The van der Waals surface area contributed by atoms with Crippen molar-refractivity contribution in [3.63, 3.8) is 0 Å². The van der Waals surface area contributed by atoms with Gasteiger partial charge in [-0.3, -0.25) is 5.43 Å². The summed E-state index contributed by atoms with van der Waals surface area (Å²) in [5, 5.41) is 3.31. The Morgan fingerprint density at radius 2 is 1.52 bits per heavy atom. The highest BCUT2D eigenvalue weighted by atomic mass is 32.2. The number of nitrogens with one attached hydrogen (secondary N) is 3. The second-order valence-corrected chi connectivity index (χ2v) is 8.36. The molecular weight excluding hydrogens is 354 g/mol. The van der Waals surface area contributed by atoms with Gasteiger partial charge in [0.05, 0.1) is 4.90 Å². The molecule has 0 fully saturated rings. The van der Waals surface area contributed by atoms with Crippen LogP contribution in [-0.2, 0) is 10.0 Å². The van der Waals surface area contributed by atoms with E-state index in [4.69, 9.17) is 12.2 Å². The molecule has 1 aromatic rings. The number of rotatable bonds is 12. The first-order valence-corrected chi connectivity index (χ1v) is 11.0. The molecule has 0 atom stereocenters. The molecule has 25 heavy (non-hydrogen) atoms. The number of unbranched alkanes of at least 4 members (excludes halogenated alkanes) is 7. The lowest BCUT2D eigenvalue weighted by Crippen LogP contribution is -2.46. The summed E-state index contributed by atoms with van der Waals surface area (Å²) in [7, 11) is -3.61. The maximum atomic E-state index is 12.1. The van der Waals surface area contributed by atoms with E-state index in [1.807, 2.05) is 6.92 Å². The monoisotopic (exact) mass is 385 g/mol. The van der Waals surface area contributed by atoms with Crippen molar-refractivity contribution in [2.75, 3.05) is 6.54 Å². The minimum atomic E-state index is -3.61. The van der Waals surface area contributed by atoms with Crippen molar-refractivity contribution in [3.05, 3.63) is 29.8 Å². The summed E-state index contributed by atoms with van der Waals surface area (Å²) < 4.78 is 24.2. The smallest absolute Gasteiger partial charge is 0.257 e. The van der Waals surface area contributed by atoms with Gasteiger partial charge in [0.25, 0.3) is 10.0 Å². The molecule has 3 N–H and O–H groups in total. The van der Waals surface area contributed by atoms with Crippen LogP contribution in [0.5, 0.6) is 0 Å². The summed E-state index contributed by atoms with van der Waals surface area (Å²) in [6.07, 6.45) is 10.00.